The van der Waals surface area contributed by atoms with Crippen molar-refractivity contribution in [1.29, 1.82) is 0 Å². The van der Waals surface area contributed by atoms with Crippen LogP contribution in [0.2, 0.25) is 0 Å². The molecule has 6 heteroatoms. The third-order valence-electron chi connectivity index (χ3n) is 4.27. The van der Waals surface area contributed by atoms with Crippen LogP contribution in [0.3, 0.4) is 0 Å². The number of amides is 1. The second-order valence-electron chi connectivity index (χ2n) is 6.57. The van der Waals surface area contributed by atoms with E-state index in [0.717, 1.165) is 22.4 Å². The van der Waals surface area contributed by atoms with Crippen molar-refractivity contribution >= 4 is 21.6 Å². The average molecular weight is 375 g/mol. The van der Waals surface area contributed by atoms with Gasteiger partial charge in [0, 0.05) is 25.7 Å². The van der Waals surface area contributed by atoms with Crippen molar-refractivity contribution in [2.24, 2.45) is 0 Å². The Morgan fingerprint density at radius 3 is 2.19 bits per heavy atom. The summed E-state index contributed by atoms with van der Waals surface area (Å²) in [6.07, 6.45) is 0.722. The van der Waals surface area contributed by atoms with Gasteiger partial charge in [0.2, 0.25) is 15.9 Å². The fraction of sp³-hybridized carbons (Fsp3) is 0.350. The van der Waals surface area contributed by atoms with E-state index in [0.29, 0.717) is 6.42 Å². The summed E-state index contributed by atoms with van der Waals surface area (Å²) < 4.78 is 26.2. The number of rotatable bonds is 7. The third kappa shape index (κ3) is 4.93. The van der Waals surface area contributed by atoms with E-state index in [1.165, 1.54) is 11.4 Å². The number of carbonyl (C=O) groups is 1. The molecule has 0 saturated carbocycles. The number of sulfonamides is 1. The van der Waals surface area contributed by atoms with E-state index < -0.39 is 10.0 Å². The molecule has 5 nitrogen and oxygen atoms in total. The zero-order valence-electron chi connectivity index (χ0n) is 15.7. The second-order valence-corrected chi connectivity index (χ2v) is 8.61. The number of carbonyl (C=O) groups excluding carboxylic acids is 1. The molecule has 0 radical (unpaired) electrons. The van der Waals surface area contributed by atoms with Gasteiger partial charge in [0.15, 0.2) is 0 Å². The van der Waals surface area contributed by atoms with Gasteiger partial charge >= 0.3 is 0 Å². The number of nitrogens with zero attached hydrogens (tertiary/aromatic N) is 1. The predicted octanol–water partition coefficient (Wildman–Crippen LogP) is 3.65. The van der Waals surface area contributed by atoms with Gasteiger partial charge in [-0.05, 0) is 50.5 Å². The first-order valence-electron chi connectivity index (χ1n) is 8.61. The van der Waals surface area contributed by atoms with Crippen molar-refractivity contribution in [2.45, 2.75) is 38.5 Å². The first kappa shape index (κ1) is 20.1. The van der Waals surface area contributed by atoms with Crippen molar-refractivity contribution < 1.29 is 13.2 Å². The largest absolute Gasteiger partial charge is 0.326 e. The fourth-order valence-corrected chi connectivity index (χ4v) is 4.16. The standard InChI is InChI=1S/C20H26N2O3S/c1-15-13-16(2)20(17(3)14-15)21-19(23)11-8-12-22(4)26(24,25)18-9-6-5-7-10-18/h5-7,9-10,13-14H,8,11-12H2,1-4H3,(H,21,23). The summed E-state index contributed by atoms with van der Waals surface area (Å²) in [6.45, 7) is 6.25. The molecule has 2 aromatic carbocycles. The van der Waals surface area contributed by atoms with Crippen LogP contribution in [0.4, 0.5) is 5.69 Å². The summed E-state index contributed by atoms with van der Waals surface area (Å²) in [5, 5.41) is 2.94. The Morgan fingerprint density at radius 1 is 1.04 bits per heavy atom. The lowest BCUT2D eigenvalue weighted by molar-refractivity contribution is -0.116. The molecule has 140 valence electrons. The lowest BCUT2D eigenvalue weighted by Crippen LogP contribution is -2.28. The number of hydrogen-bond donors (Lipinski definition) is 1. The Balaban J connectivity index is 1.91. The smallest absolute Gasteiger partial charge is 0.242 e. The molecule has 0 bridgehead atoms. The molecule has 0 aliphatic rings. The Kier molecular flexibility index (Phi) is 6.56. The van der Waals surface area contributed by atoms with E-state index in [4.69, 9.17) is 0 Å². The van der Waals surface area contributed by atoms with Gasteiger partial charge in [0.25, 0.3) is 0 Å². The first-order valence-corrected chi connectivity index (χ1v) is 10.0. The topological polar surface area (TPSA) is 66.5 Å². The minimum absolute atomic E-state index is 0.106. The SMILES string of the molecule is Cc1cc(C)c(NC(=O)CCCN(C)S(=O)(=O)c2ccccc2)c(C)c1. The minimum Gasteiger partial charge on any atom is -0.326 e. The van der Waals surface area contributed by atoms with E-state index in [1.807, 2.05) is 32.9 Å². The molecule has 0 spiro atoms. The van der Waals surface area contributed by atoms with Gasteiger partial charge in [-0.3, -0.25) is 4.79 Å². The van der Waals surface area contributed by atoms with Gasteiger partial charge in [-0.2, -0.15) is 0 Å². The lowest BCUT2D eigenvalue weighted by Gasteiger charge is -2.17. The minimum atomic E-state index is -3.51. The molecule has 0 aromatic heterocycles. The molecular formula is C20H26N2O3S. The number of hydrogen-bond acceptors (Lipinski definition) is 3. The predicted molar refractivity (Wildman–Crippen MR) is 105 cm³/mol. The van der Waals surface area contributed by atoms with E-state index in [1.54, 1.807) is 30.3 Å². The molecular weight excluding hydrogens is 348 g/mol. The van der Waals surface area contributed by atoms with Crippen LogP contribution in [-0.4, -0.2) is 32.2 Å². The second kappa shape index (κ2) is 8.47. The van der Waals surface area contributed by atoms with Crippen LogP contribution in [0, 0.1) is 20.8 Å². The lowest BCUT2D eigenvalue weighted by atomic mass is 10.0. The highest BCUT2D eigenvalue weighted by Gasteiger charge is 2.20. The maximum absolute atomic E-state index is 12.4. The highest BCUT2D eigenvalue weighted by molar-refractivity contribution is 7.89. The molecule has 1 amide bonds. The number of anilines is 1. The summed E-state index contributed by atoms with van der Waals surface area (Å²) in [5.41, 5.74) is 4.05. The molecule has 26 heavy (non-hydrogen) atoms. The molecule has 0 aliphatic heterocycles. The van der Waals surface area contributed by atoms with Crippen molar-refractivity contribution in [2.75, 3.05) is 18.9 Å². The Hall–Kier alpha value is -2.18. The maximum Gasteiger partial charge on any atom is 0.242 e. The van der Waals surface area contributed by atoms with Gasteiger partial charge in [-0.25, -0.2) is 12.7 Å². The van der Waals surface area contributed by atoms with Crippen molar-refractivity contribution in [3.05, 3.63) is 59.2 Å². The normalized spacial score (nSPS) is 11.6. The van der Waals surface area contributed by atoms with Crippen LogP contribution >= 0.6 is 0 Å². The van der Waals surface area contributed by atoms with Gasteiger partial charge in [-0.1, -0.05) is 35.9 Å². The molecule has 0 unspecified atom stereocenters. The highest BCUT2D eigenvalue weighted by Crippen LogP contribution is 2.22. The molecule has 2 rings (SSSR count). The molecule has 2 aromatic rings. The van der Waals surface area contributed by atoms with Gasteiger partial charge in [0.1, 0.15) is 0 Å². The van der Waals surface area contributed by atoms with Crippen LogP contribution < -0.4 is 5.32 Å². The molecule has 0 fully saturated rings. The number of nitrogens with one attached hydrogen (secondary N) is 1. The summed E-state index contributed by atoms with van der Waals surface area (Å²) in [7, 11) is -1.98. The molecule has 0 aliphatic carbocycles. The monoisotopic (exact) mass is 374 g/mol. The van der Waals surface area contributed by atoms with E-state index in [9.17, 15) is 13.2 Å². The van der Waals surface area contributed by atoms with Crippen LogP contribution in [0.5, 0.6) is 0 Å². The van der Waals surface area contributed by atoms with E-state index >= 15 is 0 Å². The van der Waals surface area contributed by atoms with Crippen LogP contribution in [0.25, 0.3) is 0 Å². The first-order chi connectivity index (χ1) is 12.2. The zero-order chi connectivity index (χ0) is 19.3. The Bertz CT molecular complexity index is 854. The number of benzene rings is 2. The fourth-order valence-electron chi connectivity index (χ4n) is 2.93. The van der Waals surface area contributed by atoms with E-state index in [-0.39, 0.29) is 23.8 Å². The van der Waals surface area contributed by atoms with Crippen molar-refractivity contribution in [1.82, 2.24) is 4.31 Å². The summed E-state index contributed by atoms with van der Waals surface area (Å²) in [4.78, 5) is 12.5. The van der Waals surface area contributed by atoms with Crippen LogP contribution in [-0.2, 0) is 14.8 Å². The average Bonchev–Trinajstić information content (AvgIpc) is 2.58. The van der Waals surface area contributed by atoms with Gasteiger partial charge in [0.05, 0.1) is 4.90 Å². The van der Waals surface area contributed by atoms with Crippen molar-refractivity contribution in [3.63, 3.8) is 0 Å². The highest BCUT2D eigenvalue weighted by atomic mass is 32.2. The molecule has 0 heterocycles. The zero-order valence-corrected chi connectivity index (χ0v) is 16.6. The van der Waals surface area contributed by atoms with Crippen LogP contribution in [0.15, 0.2) is 47.4 Å². The Labute approximate surface area is 156 Å². The Morgan fingerprint density at radius 2 is 1.62 bits per heavy atom. The summed E-state index contributed by atoms with van der Waals surface area (Å²) in [6, 6.07) is 12.4. The maximum atomic E-state index is 12.4. The van der Waals surface area contributed by atoms with Gasteiger partial charge in [-0.15, -0.1) is 0 Å². The molecule has 1 N–H and O–H groups in total. The van der Waals surface area contributed by atoms with Crippen molar-refractivity contribution in [3.8, 4) is 0 Å². The van der Waals surface area contributed by atoms with Gasteiger partial charge < -0.3 is 5.32 Å². The summed E-state index contributed by atoms with van der Waals surface area (Å²) in [5.74, 6) is -0.106. The quantitative estimate of drug-likeness (QED) is 0.804. The molecule has 0 atom stereocenters. The van der Waals surface area contributed by atoms with Crippen LogP contribution in [0.1, 0.15) is 29.5 Å². The van der Waals surface area contributed by atoms with E-state index in [2.05, 4.69) is 5.32 Å². The summed E-state index contributed by atoms with van der Waals surface area (Å²) >= 11 is 0. The number of aryl methyl sites for hydroxylation is 3. The third-order valence-corrected chi connectivity index (χ3v) is 6.14. The molecule has 0 saturated heterocycles.